The fraction of sp³-hybridized carbons (Fsp3) is 0.750. The molecule has 3 nitrogen and oxygen atoms in total. The lowest BCUT2D eigenvalue weighted by atomic mass is 10.1. The average Bonchev–Trinajstić information content (AvgIpc) is 2.48. The van der Waals surface area contributed by atoms with Gasteiger partial charge in [0.05, 0.1) is 15.9 Å². The van der Waals surface area contributed by atoms with Crippen molar-refractivity contribution >= 4 is 15.9 Å². The lowest BCUT2D eigenvalue weighted by Crippen LogP contribution is -2.26. The summed E-state index contributed by atoms with van der Waals surface area (Å²) in [6.07, 6.45) is 3.80. The van der Waals surface area contributed by atoms with Crippen LogP contribution in [0.4, 0.5) is 0 Å². The number of nitrogens with zero attached hydrogens (tertiary/aromatic N) is 2. The highest BCUT2D eigenvalue weighted by Crippen LogP contribution is 2.20. The molecule has 0 amide bonds. The SMILES string of the molecule is CCCCC(C)NCc1c(Br)c(C)nn1C. The summed E-state index contributed by atoms with van der Waals surface area (Å²) in [5.41, 5.74) is 2.28. The summed E-state index contributed by atoms with van der Waals surface area (Å²) in [5.74, 6) is 0. The summed E-state index contributed by atoms with van der Waals surface area (Å²) in [4.78, 5) is 0. The maximum Gasteiger partial charge on any atom is 0.0739 e. The zero-order valence-corrected chi connectivity index (χ0v) is 12.3. The van der Waals surface area contributed by atoms with Crippen molar-refractivity contribution in [3.8, 4) is 0 Å². The van der Waals surface area contributed by atoms with Gasteiger partial charge in [0.15, 0.2) is 0 Å². The standard InChI is InChI=1S/C12H22BrN3/c1-5-6-7-9(2)14-8-11-12(13)10(3)15-16(11)4/h9,14H,5-8H2,1-4H3. The van der Waals surface area contributed by atoms with Gasteiger partial charge in [0.1, 0.15) is 0 Å². The number of rotatable bonds is 6. The molecule has 1 aromatic heterocycles. The van der Waals surface area contributed by atoms with Crippen LogP contribution in [-0.2, 0) is 13.6 Å². The Labute approximate surface area is 107 Å². The van der Waals surface area contributed by atoms with Gasteiger partial charge in [0.2, 0.25) is 0 Å². The Kier molecular flexibility index (Phi) is 5.49. The average molecular weight is 288 g/mol. The van der Waals surface area contributed by atoms with Gasteiger partial charge in [-0.1, -0.05) is 19.8 Å². The molecule has 16 heavy (non-hydrogen) atoms. The molecule has 0 aromatic carbocycles. The zero-order valence-electron chi connectivity index (χ0n) is 10.7. The van der Waals surface area contributed by atoms with E-state index >= 15 is 0 Å². The first-order chi connectivity index (χ1) is 7.56. The lowest BCUT2D eigenvalue weighted by Gasteiger charge is -2.13. The maximum absolute atomic E-state index is 4.38. The molecule has 0 bridgehead atoms. The van der Waals surface area contributed by atoms with Crippen LogP contribution in [0.2, 0.25) is 0 Å². The van der Waals surface area contributed by atoms with Crippen LogP contribution in [0.25, 0.3) is 0 Å². The third-order valence-electron chi connectivity index (χ3n) is 2.87. The molecule has 0 saturated heterocycles. The molecule has 1 unspecified atom stereocenters. The molecule has 0 radical (unpaired) electrons. The number of halogens is 1. The summed E-state index contributed by atoms with van der Waals surface area (Å²) in [5, 5.41) is 7.92. The molecule has 1 N–H and O–H groups in total. The second-order valence-corrected chi connectivity index (χ2v) is 5.19. The Morgan fingerprint density at radius 2 is 2.19 bits per heavy atom. The minimum absolute atomic E-state index is 0.571. The molecule has 92 valence electrons. The smallest absolute Gasteiger partial charge is 0.0739 e. The van der Waals surface area contributed by atoms with Crippen molar-refractivity contribution in [3.63, 3.8) is 0 Å². The van der Waals surface area contributed by atoms with Gasteiger partial charge in [0, 0.05) is 19.6 Å². The van der Waals surface area contributed by atoms with Crippen molar-refractivity contribution in [1.29, 1.82) is 0 Å². The van der Waals surface area contributed by atoms with Crippen LogP contribution < -0.4 is 5.32 Å². The Balaban J connectivity index is 2.48. The zero-order chi connectivity index (χ0) is 12.1. The second kappa shape index (κ2) is 6.40. The quantitative estimate of drug-likeness (QED) is 0.871. The van der Waals surface area contributed by atoms with Crippen molar-refractivity contribution in [2.45, 2.75) is 52.6 Å². The molecule has 1 atom stereocenters. The van der Waals surface area contributed by atoms with Crippen molar-refractivity contribution < 1.29 is 0 Å². The molecule has 0 saturated carbocycles. The third-order valence-corrected chi connectivity index (χ3v) is 3.90. The third kappa shape index (κ3) is 3.59. The molecule has 0 aliphatic rings. The van der Waals surface area contributed by atoms with Crippen LogP contribution in [0.1, 0.15) is 44.5 Å². The molecule has 4 heteroatoms. The van der Waals surface area contributed by atoms with Gasteiger partial charge < -0.3 is 5.32 Å². The molecule has 1 heterocycles. The first kappa shape index (κ1) is 13.7. The maximum atomic E-state index is 4.38. The van der Waals surface area contributed by atoms with E-state index in [9.17, 15) is 0 Å². The highest BCUT2D eigenvalue weighted by Gasteiger charge is 2.11. The predicted octanol–water partition coefficient (Wildman–Crippen LogP) is 3.16. The molecule has 0 aliphatic heterocycles. The monoisotopic (exact) mass is 287 g/mol. The van der Waals surface area contributed by atoms with E-state index in [1.807, 2.05) is 18.7 Å². The molecular weight excluding hydrogens is 266 g/mol. The highest BCUT2D eigenvalue weighted by atomic mass is 79.9. The Hall–Kier alpha value is -0.350. The van der Waals surface area contributed by atoms with Crippen molar-refractivity contribution in [3.05, 3.63) is 15.9 Å². The number of hydrogen-bond acceptors (Lipinski definition) is 2. The van der Waals surface area contributed by atoms with Crippen LogP contribution in [0.15, 0.2) is 4.47 Å². The fourth-order valence-corrected chi connectivity index (χ4v) is 2.23. The first-order valence-corrected chi connectivity index (χ1v) is 6.76. The van der Waals surface area contributed by atoms with E-state index in [2.05, 4.69) is 40.2 Å². The second-order valence-electron chi connectivity index (χ2n) is 4.39. The summed E-state index contributed by atoms with van der Waals surface area (Å²) in [6, 6.07) is 0.571. The summed E-state index contributed by atoms with van der Waals surface area (Å²) < 4.78 is 3.07. The van der Waals surface area contributed by atoms with Crippen molar-refractivity contribution in [1.82, 2.24) is 15.1 Å². The highest BCUT2D eigenvalue weighted by molar-refractivity contribution is 9.10. The van der Waals surface area contributed by atoms with Gasteiger partial charge in [-0.15, -0.1) is 0 Å². The van der Waals surface area contributed by atoms with Crippen molar-refractivity contribution in [2.75, 3.05) is 0 Å². The van der Waals surface area contributed by atoms with Crippen LogP contribution in [0.3, 0.4) is 0 Å². The lowest BCUT2D eigenvalue weighted by molar-refractivity contribution is 0.483. The number of hydrogen-bond donors (Lipinski definition) is 1. The van der Waals surface area contributed by atoms with E-state index in [0.717, 1.165) is 16.7 Å². The minimum Gasteiger partial charge on any atom is -0.309 e. The van der Waals surface area contributed by atoms with Crippen LogP contribution in [0, 0.1) is 6.92 Å². The summed E-state index contributed by atoms with van der Waals surface area (Å²) in [7, 11) is 1.99. The Bertz CT molecular complexity index is 333. The molecular formula is C12H22BrN3. The van der Waals surface area contributed by atoms with Gasteiger partial charge in [-0.05, 0) is 36.2 Å². The van der Waals surface area contributed by atoms with E-state index in [-0.39, 0.29) is 0 Å². The van der Waals surface area contributed by atoms with Crippen molar-refractivity contribution in [2.24, 2.45) is 7.05 Å². The Morgan fingerprint density at radius 3 is 2.69 bits per heavy atom. The molecule has 0 aliphatic carbocycles. The van der Waals surface area contributed by atoms with Gasteiger partial charge in [-0.25, -0.2) is 0 Å². The molecule has 1 aromatic rings. The Morgan fingerprint density at radius 1 is 1.50 bits per heavy atom. The fourth-order valence-electron chi connectivity index (χ4n) is 1.76. The first-order valence-electron chi connectivity index (χ1n) is 5.97. The topological polar surface area (TPSA) is 29.9 Å². The molecule has 0 fully saturated rings. The number of unbranched alkanes of at least 4 members (excludes halogenated alkanes) is 1. The van der Waals surface area contributed by atoms with Gasteiger partial charge in [-0.2, -0.15) is 5.10 Å². The van der Waals surface area contributed by atoms with Crippen LogP contribution >= 0.6 is 15.9 Å². The van der Waals surface area contributed by atoms with E-state index in [1.54, 1.807) is 0 Å². The molecule has 0 spiro atoms. The molecule has 1 rings (SSSR count). The van der Waals surface area contributed by atoms with E-state index in [1.165, 1.54) is 25.0 Å². The van der Waals surface area contributed by atoms with Crippen LogP contribution in [0.5, 0.6) is 0 Å². The van der Waals surface area contributed by atoms with Gasteiger partial charge >= 0.3 is 0 Å². The van der Waals surface area contributed by atoms with E-state index < -0.39 is 0 Å². The largest absolute Gasteiger partial charge is 0.309 e. The number of nitrogens with one attached hydrogen (secondary N) is 1. The summed E-state index contributed by atoms with van der Waals surface area (Å²) >= 11 is 3.58. The van der Waals surface area contributed by atoms with E-state index in [0.29, 0.717) is 6.04 Å². The van der Waals surface area contributed by atoms with Gasteiger partial charge in [0.25, 0.3) is 0 Å². The number of aryl methyl sites for hydroxylation is 2. The van der Waals surface area contributed by atoms with E-state index in [4.69, 9.17) is 0 Å². The van der Waals surface area contributed by atoms with Crippen LogP contribution in [-0.4, -0.2) is 15.8 Å². The normalized spacial score (nSPS) is 13.1. The number of aromatic nitrogens is 2. The minimum atomic E-state index is 0.571. The van der Waals surface area contributed by atoms with Gasteiger partial charge in [-0.3, -0.25) is 4.68 Å². The summed E-state index contributed by atoms with van der Waals surface area (Å²) in [6.45, 7) is 7.37. The predicted molar refractivity (Wildman–Crippen MR) is 71.5 cm³/mol.